The second-order valence-corrected chi connectivity index (χ2v) is 18.9. The number of benzene rings is 1. The van der Waals surface area contributed by atoms with Gasteiger partial charge in [0.1, 0.15) is 60.1 Å². The number of carboxylic acids is 4. The summed E-state index contributed by atoms with van der Waals surface area (Å²) in [4.78, 5) is 192. The van der Waals surface area contributed by atoms with Gasteiger partial charge in [-0.05, 0) is 48.8 Å². The summed E-state index contributed by atoms with van der Waals surface area (Å²) in [7, 11) is 0. The maximum absolute atomic E-state index is 13.9. The van der Waals surface area contributed by atoms with Crippen LogP contribution in [0.1, 0.15) is 91.0 Å². The van der Waals surface area contributed by atoms with E-state index in [1.165, 1.54) is 38.1 Å². The molecule has 0 bridgehead atoms. The van der Waals surface area contributed by atoms with E-state index in [9.17, 15) is 97.5 Å². The number of carbonyl (C=O) groups excluding carboxylic acids is 11. The van der Waals surface area contributed by atoms with Crippen molar-refractivity contribution in [1.29, 1.82) is 0 Å². The number of rotatable bonds is 38. The molecule has 0 heterocycles. The third-order valence-electron chi connectivity index (χ3n) is 11.8. The Labute approximate surface area is 462 Å². The highest BCUT2D eigenvalue weighted by atomic mass is 16.4. The van der Waals surface area contributed by atoms with Gasteiger partial charge in [-0.1, -0.05) is 46.2 Å². The van der Waals surface area contributed by atoms with Gasteiger partial charge in [-0.3, -0.25) is 67.1 Å². The largest absolute Gasteiger partial charge is 0.508 e. The molecular formula is C48H72N12O21. The number of carbonyl (C=O) groups is 15. The smallest absolute Gasteiger partial charge is 0.326 e. The van der Waals surface area contributed by atoms with Gasteiger partial charge in [-0.15, -0.1) is 0 Å². The molecule has 0 saturated carbocycles. The van der Waals surface area contributed by atoms with Crippen LogP contribution >= 0.6 is 0 Å². The Bertz CT molecular complexity index is 2460. The van der Waals surface area contributed by atoms with E-state index < -0.39 is 207 Å². The molecule has 81 heavy (non-hydrogen) atoms. The van der Waals surface area contributed by atoms with Gasteiger partial charge in [-0.25, -0.2) is 4.79 Å². The molecule has 0 aliphatic heterocycles. The van der Waals surface area contributed by atoms with Crippen LogP contribution in [0.2, 0.25) is 0 Å². The Hall–Kier alpha value is -9.01. The fourth-order valence-electron chi connectivity index (χ4n) is 7.35. The first-order chi connectivity index (χ1) is 37.8. The van der Waals surface area contributed by atoms with Crippen LogP contribution in [0.5, 0.6) is 5.75 Å². The van der Waals surface area contributed by atoms with Gasteiger partial charge in [-0.2, -0.15) is 0 Å². The van der Waals surface area contributed by atoms with E-state index in [1.54, 1.807) is 13.8 Å². The fourth-order valence-corrected chi connectivity index (χ4v) is 7.35. The van der Waals surface area contributed by atoms with Crippen LogP contribution in [-0.4, -0.2) is 187 Å². The second kappa shape index (κ2) is 34.8. The summed E-state index contributed by atoms with van der Waals surface area (Å²) < 4.78 is 0. The van der Waals surface area contributed by atoms with Crippen molar-refractivity contribution in [2.75, 3.05) is 13.2 Å². The highest BCUT2D eigenvalue weighted by Gasteiger charge is 2.38. The first-order valence-corrected chi connectivity index (χ1v) is 25.1. The van der Waals surface area contributed by atoms with Crippen molar-refractivity contribution < 1.29 is 103 Å². The molecule has 450 valence electrons. The zero-order valence-corrected chi connectivity index (χ0v) is 44.7. The van der Waals surface area contributed by atoms with E-state index in [2.05, 4.69) is 42.5 Å². The molecule has 33 nitrogen and oxygen atoms in total. The Morgan fingerprint density at radius 1 is 0.481 bits per heavy atom. The maximum Gasteiger partial charge on any atom is 0.326 e. The average Bonchev–Trinajstić information content (AvgIpc) is 3.39. The van der Waals surface area contributed by atoms with Gasteiger partial charge >= 0.3 is 23.9 Å². The zero-order valence-electron chi connectivity index (χ0n) is 44.7. The van der Waals surface area contributed by atoms with Gasteiger partial charge in [0.2, 0.25) is 65.0 Å². The lowest BCUT2D eigenvalue weighted by atomic mass is 9.97. The second-order valence-electron chi connectivity index (χ2n) is 18.9. The number of aliphatic carboxylic acids is 4. The van der Waals surface area contributed by atoms with Crippen molar-refractivity contribution in [2.45, 2.75) is 146 Å². The molecule has 1 aromatic carbocycles. The topological polar surface area (TPSA) is 564 Å². The molecule has 0 saturated heterocycles. The number of hydrogen-bond acceptors (Lipinski definition) is 18. The SMILES string of the molecule is CC[C@H](C)[C@H](NC(=O)[C@H](CC(N)=O)NC(=O)[C@H](CC(N)=O)NC(=O)[C@H](CCC(=O)O)NC(=O)[C@H](CO)NC(=O)[C@H](Cc1ccc(O)cc1)NC(=O)[C@H](CC(C)C)NC(=O)CN)C(=O)N[C@@H](CC(=O)O)C(=O)N[C@@H](CCC(=O)O)C(=O)O. The summed E-state index contributed by atoms with van der Waals surface area (Å²) in [6.07, 6.45) is -6.41. The average molecular weight is 1150 g/mol. The van der Waals surface area contributed by atoms with E-state index in [1.807, 2.05) is 5.32 Å². The monoisotopic (exact) mass is 1150 g/mol. The maximum atomic E-state index is 13.9. The van der Waals surface area contributed by atoms with Gasteiger partial charge in [0.25, 0.3) is 0 Å². The van der Waals surface area contributed by atoms with Crippen molar-refractivity contribution in [3.63, 3.8) is 0 Å². The third kappa shape index (κ3) is 26.5. The summed E-state index contributed by atoms with van der Waals surface area (Å²) >= 11 is 0. The summed E-state index contributed by atoms with van der Waals surface area (Å²) in [6.45, 7) is 4.75. The Kier molecular flexibility index (Phi) is 30.1. The molecule has 0 aromatic heterocycles. The number of phenolic OH excluding ortho intramolecular Hbond substituents is 1. The Morgan fingerprint density at radius 3 is 1.32 bits per heavy atom. The minimum absolute atomic E-state index is 0.0750. The predicted molar refractivity (Wildman–Crippen MR) is 275 cm³/mol. The van der Waals surface area contributed by atoms with Crippen molar-refractivity contribution in [2.24, 2.45) is 29.0 Å². The molecule has 11 amide bonds. The number of hydrogen-bond donors (Lipinski definition) is 18. The normalized spacial score (nSPS) is 14.6. The molecule has 0 aliphatic rings. The summed E-state index contributed by atoms with van der Waals surface area (Å²) in [5, 5.41) is 77.3. The molecule has 0 spiro atoms. The molecule has 1 rings (SSSR count). The number of amides is 11. The summed E-state index contributed by atoms with van der Waals surface area (Å²) in [6, 6.07) is -11.1. The van der Waals surface area contributed by atoms with E-state index in [0.29, 0.717) is 5.56 Å². The highest BCUT2D eigenvalue weighted by molar-refractivity contribution is 6.00. The molecule has 0 radical (unpaired) electrons. The minimum atomic E-state index is -2.11. The van der Waals surface area contributed by atoms with Crippen LogP contribution in [-0.2, 0) is 78.3 Å². The molecular weight excluding hydrogens is 1080 g/mol. The first-order valence-electron chi connectivity index (χ1n) is 25.1. The molecule has 33 heteroatoms. The Morgan fingerprint density at radius 2 is 0.877 bits per heavy atom. The lowest BCUT2D eigenvalue weighted by Crippen LogP contribution is -2.62. The fraction of sp³-hybridized carbons (Fsp3) is 0.562. The van der Waals surface area contributed by atoms with E-state index in [4.69, 9.17) is 22.3 Å². The van der Waals surface area contributed by atoms with Crippen LogP contribution in [0.15, 0.2) is 24.3 Å². The molecule has 0 aliphatic carbocycles. The molecule has 0 fully saturated rings. The number of carboxylic acid groups (broad SMARTS) is 4. The van der Waals surface area contributed by atoms with E-state index in [0.717, 1.165) is 0 Å². The highest BCUT2D eigenvalue weighted by Crippen LogP contribution is 2.14. The summed E-state index contributed by atoms with van der Waals surface area (Å²) in [5.74, 6) is -20.9. The van der Waals surface area contributed by atoms with Gasteiger partial charge in [0.05, 0.1) is 32.4 Å². The molecule has 10 atom stereocenters. The summed E-state index contributed by atoms with van der Waals surface area (Å²) in [5.41, 5.74) is 16.5. The number of aliphatic hydroxyl groups is 1. The van der Waals surface area contributed by atoms with Gasteiger partial charge < -0.3 is 95.7 Å². The molecule has 0 unspecified atom stereocenters. The number of nitrogens with one attached hydrogen (secondary N) is 9. The number of aromatic hydroxyl groups is 1. The minimum Gasteiger partial charge on any atom is -0.508 e. The third-order valence-corrected chi connectivity index (χ3v) is 11.8. The Balaban J connectivity index is 3.54. The van der Waals surface area contributed by atoms with Crippen molar-refractivity contribution in [1.82, 2.24) is 47.9 Å². The predicted octanol–water partition coefficient (Wildman–Crippen LogP) is -6.62. The molecule has 1 aromatic rings. The number of primary amides is 2. The van der Waals surface area contributed by atoms with Crippen LogP contribution in [0.4, 0.5) is 0 Å². The van der Waals surface area contributed by atoms with E-state index in [-0.39, 0.29) is 30.9 Å². The van der Waals surface area contributed by atoms with Crippen molar-refractivity contribution >= 4 is 88.9 Å². The van der Waals surface area contributed by atoms with Crippen molar-refractivity contribution in [3.05, 3.63) is 29.8 Å². The lowest BCUT2D eigenvalue weighted by molar-refractivity contribution is -0.144. The van der Waals surface area contributed by atoms with Gasteiger partial charge in [0.15, 0.2) is 0 Å². The zero-order chi connectivity index (χ0) is 61.8. The quantitative estimate of drug-likeness (QED) is 0.0293. The van der Waals surface area contributed by atoms with E-state index >= 15 is 0 Å². The van der Waals surface area contributed by atoms with Crippen LogP contribution in [0.25, 0.3) is 0 Å². The number of nitrogens with two attached hydrogens (primary N) is 3. The lowest BCUT2D eigenvalue weighted by Gasteiger charge is -2.29. The van der Waals surface area contributed by atoms with Crippen molar-refractivity contribution in [3.8, 4) is 5.75 Å². The molecule has 21 N–H and O–H groups in total. The van der Waals surface area contributed by atoms with Crippen LogP contribution in [0, 0.1) is 11.8 Å². The number of phenols is 1. The standard InChI is InChI=1S/C48H72N12O21/c1-5-22(4)39(47(79)58-31(18-38(70)71)44(76)54-26(48(80)81)11-13-37(68)69)60-45(77)30(17-34(51)64)57-43(75)29(16-33(50)63)56-40(72)25(10-12-36(66)67)53-46(78)32(20-61)59-42(74)28(15-23-6-8-24(62)9-7-23)55-41(73)27(14-21(2)3)52-35(65)19-49/h6-9,21-22,25-32,39,61-62H,5,10-20,49H2,1-4H3,(H2,50,63)(H2,51,64)(H,52,65)(H,53,78)(H,54,76)(H,55,73)(H,56,72)(H,57,75)(H,58,79)(H,59,74)(H,60,77)(H,66,67)(H,68,69)(H,70,71)(H,80,81)/t22-,25-,26-,27-,28-,29-,30-,31-,32-,39-/m0/s1. The first kappa shape index (κ1) is 70.0. The van der Waals surface area contributed by atoms with Crippen LogP contribution in [0.3, 0.4) is 0 Å². The van der Waals surface area contributed by atoms with Gasteiger partial charge in [0, 0.05) is 19.3 Å². The van der Waals surface area contributed by atoms with Crippen LogP contribution < -0.4 is 65.1 Å². The number of aliphatic hydroxyl groups excluding tert-OH is 1.